The van der Waals surface area contributed by atoms with Crippen LogP contribution in [0.1, 0.15) is 18.4 Å². The standard InChI is InChI=1S/C10H10N2/c1-8-3-4-10-11-7-9(2)12(10)6-5-8/h4-7H,1-2H3. The molecule has 0 fully saturated rings. The summed E-state index contributed by atoms with van der Waals surface area (Å²) < 4.78 is 2.05. The minimum absolute atomic E-state index is 0.945. The number of aryl methyl sites for hydroxylation is 1. The van der Waals surface area contributed by atoms with Crippen LogP contribution in [0.4, 0.5) is 0 Å². The van der Waals surface area contributed by atoms with Gasteiger partial charge in [-0.05, 0) is 25.5 Å². The number of aromatic nitrogens is 2. The van der Waals surface area contributed by atoms with E-state index in [4.69, 9.17) is 0 Å². The highest BCUT2D eigenvalue weighted by Crippen LogP contribution is 2.10. The molecule has 2 rings (SSSR count). The first kappa shape index (κ1) is 7.14. The number of allylic oxidation sites excluding steroid dienone is 2. The lowest BCUT2D eigenvalue weighted by Gasteiger charge is -1.97. The maximum absolute atomic E-state index is 4.23. The summed E-state index contributed by atoms with van der Waals surface area (Å²) in [6.45, 7) is 4.06. The van der Waals surface area contributed by atoms with E-state index in [1.807, 2.05) is 43.0 Å². The van der Waals surface area contributed by atoms with Gasteiger partial charge < -0.3 is 4.57 Å². The molecule has 0 spiro atoms. The van der Waals surface area contributed by atoms with E-state index >= 15 is 0 Å². The van der Waals surface area contributed by atoms with E-state index in [1.165, 1.54) is 0 Å². The molecular weight excluding hydrogens is 148 g/mol. The smallest absolute Gasteiger partial charge is 0.144 e. The summed E-state index contributed by atoms with van der Waals surface area (Å²) in [5, 5.41) is 0. The number of hydrogen-bond donors (Lipinski definition) is 0. The Kier molecular flexibility index (Phi) is 1.49. The van der Waals surface area contributed by atoms with Crippen molar-refractivity contribution in [2.24, 2.45) is 0 Å². The van der Waals surface area contributed by atoms with Crippen molar-refractivity contribution in [3.05, 3.63) is 35.1 Å². The second-order valence-electron chi connectivity index (χ2n) is 2.92. The fraction of sp³-hybridized carbons (Fsp3) is 0.200. The van der Waals surface area contributed by atoms with Gasteiger partial charge in [-0.15, -0.1) is 5.73 Å². The summed E-state index contributed by atoms with van der Waals surface area (Å²) in [4.78, 5) is 4.23. The summed E-state index contributed by atoms with van der Waals surface area (Å²) >= 11 is 0. The van der Waals surface area contributed by atoms with E-state index < -0.39 is 0 Å². The van der Waals surface area contributed by atoms with Crippen LogP contribution in [0.3, 0.4) is 0 Å². The van der Waals surface area contributed by atoms with Crippen LogP contribution in [0.5, 0.6) is 0 Å². The zero-order valence-corrected chi connectivity index (χ0v) is 7.20. The first-order valence-corrected chi connectivity index (χ1v) is 3.93. The summed E-state index contributed by atoms with van der Waals surface area (Å²) in [5.74, 6) is 0.945. The molecule has 0 unspecified atom stereocenters. The van der Waals surface area contributed by atoms with Crippen molar-refractivity contribution in [3.8, 4) is 0 Å². The Balaban J connectivity index is 2.65. The van der Waals surface area contributed by atoms with Gasteiger partial charge in [-0.2, -0.15) is 0 Å². The third-order valence-corrected chi connectivity index (χ3v) is 1.91. The lowest BCUT2D eigenvalue weighted by molar-refractivity contribution is 1.05. The van der Waals surface area contributed by atoms with Gasteiger partial charge in [0.1, 0.15) is 5.82 Å². The van der Waals surface area contributed by atoms with Crippen LogP contribution < -0.4 is 0 Å². The van der Waals surface area contributed by atoms with E-state index in [2.05, 4.69) is 10.7 Å². The van der Waals surface area contributed by atoms with Gasteiger partial charge in [0.25, 0.3) is 0 Å². The van der Waals surface area contributed by atoms with E-state index in [9.17, 15) is 0 Å². The van der Waals surface area contributed by atoms with Crippen LogP contribution in [-0.2, 0) is 0 Å². The molecule has 0 aliphatic carbocycles. The van der Waals surface area contributed by atoms with Crippen molar-refractivity contribution in [1.82, 2.24) is 9.55 Å². The second-order valence-corrected chi connectivity index (χ2v) is 2.92. The lowest BCUT2D eigenvalue weighted by atomic mass is 10.3. The number of fused-ring (bicyclic) bond motifs is 1. The first-order chi connectivity index (χ1) is 5.77. The second kappa shape index (κ2) is 2.50. The van der Waals surface area contributed by atoms with Gasteiger partial charge in [-0.3, -0.25) is 0 Å². The summed E-state index contributed by atoms with van der Waals surface area (Å²) in [5.41, 5.74) is 5.41. The molecule has 2 heteroatoms. The molecular formula is C10H10N2. The van der Waals surface area contributed by atoms with Gasteiger partial charge in [-0.1, -0.05) is 0 Å². The van der Waals surface area contributed by atoms with E-state index in [0.29, 0.717) is 0 Å². The first-order valence-electron chi connectivity index (χ1n) is 3.93. The Morgan fingerprint density at radius 2 is 2.25 bits per heavy atom. The quantitative estimate of drug-likeness (QED) is 0.529. The summed E-state index contributed by atoms with van der Waals surface area (Å²) in [6.07, 6.45) is 7.81. The van der Waals surface area contributed by atoms with Crippen LogP contribution in [0.2, 0.25) is 0 Å². The van der Waals surface area contributed by atoms with Crippen LogP contribution in [-0.4, -0.2) is 9.55 Å². The van der Waals surface area contributed by atoms with Gasteiger partial charge >= 0.3 is 0 Å². The zero-order valence-electron chi connectivity index (χ0n) is 7.20. The molecule has 0 radical (unpaired) electrons. The third-order valence-electron chi connectivity index (χ3n) is 1.91. The third kappa shape index (κ3) is 1.03. The molecule has 1 aromatic rings. The minimum Gasteiger partial charge on any atom is -0.304 e. The Bertz CT molecular complexity index is 401. The van der Waals surface area contributed by atoms with Gasteiger partial charge in [0.05, 0.1) is 0 Å². The SMILES string of the molecule is CC1=C=Cc2ncc(C)n2C=C1. The number of imidazole rings is 1. The van der Waals surface area contributed by atoms with Gasteiger partial charge in [0.15, 0.2) is 0 Å². The highest BCUT2D eigenvalue weighted by molar-refractivity contribution is 5.52. The molecule has 12 heavy (non-hydrogen) atoms. The topological polar surface area (TPSA) is 17.8 Å². The van der Waals surface area contributed by atoms with E-state index in [0.717, 1.165) is 17.1 Å². The molecule has 0 amide bonds. The Morgan fingerprint density at radius 1 is 1.42 bits per heavy atom. The summed E-state index contributed by atoms with van der Waals surface area (Å²) in [6, 6.07) is 0. The highest BCUT2D eigenvalue weighted by Gasteiger charge is 2.01. The molecule has 2 nitrogen and oxygen atoms in total. The maximum Gasteiger partial charge on any atom is 0.144 e. The van der Waals surface area contributed by atoms with Crippen molar-refractivity contribution < 1.29 is 0 Å². The highest BCUT2D eigenvalue weighted by atomic mass is 15.1. The molecule has 0 bridgehead atoms. The maximum atomic E-state index is 4.23. The molecule has 2 heterocycles. The van der Waals surface area contributed by atoms with E-state index in [1.54, 1.807) is 0 Å². The van der Waals surface area contributed by atoms with Crippen molar-refractivity contribution in [3.63, 3.8) is 0 Å². The molecule has 0 aromatic carbocycles. The Hall–Kier alpha value is -1.53. The predicted octanol–water partition coefficient (Wildman–Crippen LogP) is 2.23. The Labute approximate surface area is 71.6 Å². The summed E-state index contributed by atoms with van der Waals surface area (Å²) in [7, 11) is 0. The van der Waals surface area contributed by atoms with Crippen LogP contribution in [0.15, 0.2) is 23.6 Å². The number of nitrogens with zero attached hydrogens (tertiary/aromatic N) is 2. The fourth-order valence-corrected chi connectivity index (χ4v) is 1.18. The molecule has 0 N–H and O–H groups in total. The van der Waals surface area contributed by atoms with Gasteiger partial charge in [0, 0.05) is 24.2 Å². The predicted molar refractivity (Wildman–Crippen MR) is 49.5 cm³/mol. The molecule has 60 valence electrons. The molecule has 1 aliphatic heterocycles. The molecule has 0 saturated heterocycles. The largest absolute Gasteiger partial charge is 0.304 e. The van der Waals surface area contributed by atoms with Crippen LogP contribution in [0.25, 0.3) is 12.3 Å². The van der Waals surface area contributed by atoms with Gasteiger partial charge in [0.2, 0.25) is 0 Å². The minimum atomic E-state index is 0.945. The fourth-order valence-electron chi connectivity index (χ4n) is 1.18. The number of hydrogen-bond acceptors (Lipinski definition) is 1. The van der Waals surface area contributed by atoms with Crippen LogP contribution in [0, 0.1) is 6.92 Å². The van der Waals surface area contributed by atoms with Crippen molar-refractivity contribution in [2.75, 3.05) is 0 Å². The molecule has 0 saturated carbocycles. The van der Waals surface area contributed by atoms with E-state index in [-0.39, 0.29) is 0 Å². The average Bonchev–Trinajstić information content (AvgIpc) is 2.28. The average molecular weight is 158 g/mol. The molecule has 1 aliphatic rings. The lowest BCUT2D eigenvalue weighted by Crippen LogP contribution is -1.90. The van der Waals surface area contributed by atoms with Crippen molar-refractivity contribution in [2.45, 2.75) is 13.8 Å². The molecule has 1 aromatic heterocycles. The number of rotatable bonds is 0. The van der Waals surface area contributed by atoms with Gasteiger partial charge in [-0.25, -0.2) is 4.98 Å². The molecule has 0 atom stereocenters. The zero-order chi connectivity index (χ0) is 8.55. The van der Waals surface area contributed by atoms with Crippen molar-refractivity contribution in [1.29, 1.82) is 0 Å². The van der Waals surface area contributed by atoms with Crippen molar-refractivity contribution >= 4 is 12.3 Å². The van der Waals surface area contributed by atoms with Crippen LogP contribution >= 0.6 is 0 Å². The monoisotopic (exact) mass is 158 g/mol. The normalized spacial score (nSPS) is 14.0. The Morgan fingerprint density at radius 3 is 3.08 bits per heavy atom.